The number of hydrogen-bond acceptors (Lipinski definition) is 5. The standard InChI is InChI=1S/C26H25ClN4O3S/c1-34-21-6-4-5-19(17-21)24(32)29-26(35)28-22-7-2-3-8-23(22)30-13-15-31(16-14-30)25(33)18-9-11-20(27)12-10-18/h2-12,17H,13-16H2,1H3,(H2,28,29,32,35). The fraction of sp³-hybridized carbons (Fsp3) is 0.192. The van der Waals surface area contributed by atoms with Crippen LogP contribution in [-0.2, 0) is 0 Å². The van der Waals surface area contributed by atoms with E-state index in [2.05, 4.69) is 15.5 Å². The summed E-state index contributed by atoms with van der Waals surface area (Å²) in [7, 11) is 1.55. The van der Waals surface area contributed by atoms with Gasteiger partial charge in [0.25, 0.3) is 11.8 Å². The quantitative estimate of drug-likeness (QED) is 0.496. The van der Waals surface area contributed by atoms with Crippen LogP contribution in [0.2, 0.25) is 5.02 Å². The molecule has 1 fully saturated rings. The number of carbonyl (C=O) groups is 2. The Morgan fingerprint density at radius 1 is 0.914 bits per heavy atom. The molecular weight excluding hydrogens is 484 g/mol. The van der Waals surface area contributed by atoms with Gasteiger partial charge in [0.15, 0.2) is 5.11 Å². The minimum Gasteiger partial charge on any atom is -0.497 e. The van der Waals surface area contributed by atoms with Crippen molar-refractivity contribution >= 4 is 52.1 Å². The third-order valence-corrected chi connectivity index (χ3v) is 6.17. The molecule has 1 heterocycles. The Morgan fingerprint density at radius 2 is 1.63 bits per heavy atom. The van der Waals surface area contributed by atoms with E-state index in [1.807, 2.05) is 29.2 Å². The first-order chi connectivity index (χ1) is 16.9. The zero-order valence-electron chi connectivity index (χ0n) is 19.2. The van der Waals surface area contributed by atoms with Crippen molar-refractivity contribution < 1.29 is 14.3 Å². The van der Waals surface area contributed by atoms with Gasteiger partial charge in [0, 0.05) is 42.3 Å². The number of amides is 2. The molecule has 9 heteroatoms. The van der Waals surface area contributed by atoms with E-state index < -0.39 is 0 Å². The molecule has 1 saturated heterocycles. The van der Waals surface area contributed by atoms with Crippen molar-refractivity contribution in [2.45, 2.75) is 0 Å². The Labute approximate surface area is 214 Å². The molecule has 2 amide bonds. The third-order valence-electron chi connectivity index (χ3n) is 5.71. The molecule has 0 bridgehead atoms. The Hall–Kier alpha value is -3.62. The SMILES string of the molecule is COc1cccc(C(=O)NC(=S)Nc2ccccc2N2CCN(C(=O)c3ccc(Cl)cc3)CC2)c1. The first kappa shape index (κ1) is 24.5. The minimum atomic E-state index is -0.326. The number of halogens is 1. The molecule has 0 atom stereocenters. The van der Waals surface area contributed by atoms with Crippen molar-refractivity contribution in [2.24, 2.45) is 0 Å². The minimum absolute atomic E-state index is 0.00541. The largest absolute Gasteiger partial charge is 0.497 e. The highest BCUT2D eigenvalue weighted by Gasteiger charge is 2.23. The third kappa shape index (κ3) is 6.09. The van der Waals surface area contributed by atoms with Crippen LogP contribution < -0.4 is 20.3 Å². The highest BCUT2D eigenvalue weighted by atomic mass is 35.5. The Bertz CT molecular complexity index is 1230. The van der Waals surface area contributed by atoms with Crippen LogP contribution in [0.25, 0.3) is 0 Å². The summed E-state index contributed by atoms with van der Waals surface area (Å²) >= 11 is 11.3. The predicted molar refractivity (Wildman–Crippen MR) is 143 cm³/mol. The van der Waals surface area contributed by atoms with Crippen LogP contribution >= 0.6 is 23.8 Å². The summed E-state index contributed by atoms with van der Waals surface area (Å²) in [6.45, 7) is 2.52. The lowest BCUT2D eigenvalue weighted by Crippen LogP contribution is -2.49. The van der Waals surface area contributed by atoms with Gasteiger partial charge < -0.3 is 19.9 Å². The van der Waals surface area contributed by atoms with E-state index in [1.165, 1.54) is 0 Å². The van der Waals surface area contributed by atoms with Gasteiger partial charge in [-0.1, -0.05) is 29.8 Å². The monoisotopic (exact) mass is 508 g/mol. The van der Waals surface area contributed by atoms with Gasteiger partial charge in [-0.05, 0) is 66.8 Å². The lowest BCUT2D eigenvalue weighted by Gasteiger charge is -2.37. The average Bonchev–Trinajstić information content (AvgIpc) is 2.89. The van der Waals surface area contributed by atoms with E-state index in [-0.39, 0.29) is 16.9 Å². The molecule has 0 aromatic heterocycles. The maximum atomic E-state index is 12.8. The topological polar surface area (TPSA) is 73.9 Å². The second-order valence-electron chi connectivity index (χ2n) is 7.94. The molecule has 0 spiro atoms. The number of benzene rings is 3. The van der Waals surface area contributed by atoms with Crippen molar-refractivity contribution in [3.63, 3.8) is 0 Å². The second kappa shape index (κ2) is 11.2. The lowest BCUT2D eigenvalue weighted by molar-refractivity contribution is 0.0746. The summed E-state index contributed by atoms with van der Waals surface area (Å²) in [6, 6.07) is 21.6. The number of anilines is 2. The van der Waals surface area contributed by atoms with Crippen LogP contribution in [0.1, 0.15) is 20.7 Å². The van der Waals surface area contributed by atoms with Crippen LogP contribution in [0.4, 0.5) is 11.4 Å². The molecule has 35 heavy (non-hydrogen) atoms. The van der Waals surface area contributed by atoms with Crippen molar-refractivity contribution in [1.82, 2.24) is 10.2 Å². The fourth-order valence-corrected chi connectivity index (χ4v) is 4.20. The van der Waals surface area contributed by atoms with E-state index >= 15 is 0 Å². The number of nitrogens with one attached hydrogen (secondary N) is 2. The summed E-state index contributed by atoms with van der Waals surface area (Å²) in [5.74, 6) is 0.262. The maximum Gasteiger partial charge on any atom is 0.257 e. The molecule has 4 rings (SSSR count). The summed E-state index contributed by atoms with van der Waals surface area (Å²) in [5, 5.41) is 6.65. The number of rotatable bonds is 5. The number of piperazine rings is 1. The van der Waals surface area contributed by atoms with Crippen molar-refractivity contribution in [3.8, 4) is 5.75 Å². The first-order valence-electron chi connectivity index (χ1n) is 11.1. The van der Waals surface area contributed by atoms with Gasteiger partial charge in [-0.2, -0.15) is 0 Å². The maximum absolute atomic E-state index is 12.8. The number of hydrogen-bond donors (Lipinski definition) is 2. The highest BCUT2D eigenvalue weighted by Crippen LogP contribution is 2.27. The number of nitrogens with zero attached hydrogens (tertiary/aromatic N) is 2. The summed E-state index contributed by atoms with van der Waals surface area (Å²) in [4.78, 5) is 29.4. The van der Waals surface area contributed by atoms with E-state index in [0.29, 0.717) is 48.1 Å². The number of para-hydroxylation sites is 2. The molecular formula is C26H25ClN4O3S. The Balaban J connectivity index is 1.37. The fourth-order valence-electron chi connectivity index (χ4n) is 3.87. The predicted octanol–water partition coefficient (Wildman–Crippen LogP) is 4.44. The molecule has 7 nitrogen and oxygen atoms in total. The van der Waals surface area contributed by atoms with Gasteiger partial charge in [0.05, 0.1) is 18.5 Å². The normalized spacial score (nSPS) is 13.2. The molecule has 0 radical (unpaired) electrons. The van der Waals surface area contributed by atoms with Gasteiger partial charge in [0.1, 0.15) is 5.75 Å². The Kier molecular flexibility index (Phi) is 7.84. The highest BCUT2D eigenvalue weighted by molar-refractivity contribution is 7.80. The summed E-state index contributed by atoms with van der Waals surface area (Å²) < 4.78 is 5.18. The number of methoxy groups -OCH3 is 1. The average molecular weight is 509 g/mol. The molecule has 180 valence electrons. The van der Waals surface area contributed by atoms with Gasteiger partial charge >= 0.3 is 0 Å². The Morgan fingerprint density at radius 3 is 2.34 bits per heavy atom. The van der Waals surface area contributed by atoms with Crippen molar-refractivity contribution in [3.05, 3.63) is 88.9 Å². The zero-order valence-corrected chi connectivity index (χ0v) is 20.7. The molecule has 1 aliphatic rings. The summed E-state index contributed by atoms with van der Waals surface area (Å²) in [6.07, 6.45) is 0. The summed E-state index contributed by atoms with van der Waals surface area (Å²) in [5.41, 5.74) is 2.80. The number of carbonyl (C=O) groups excluding carboxylic acids is 2. The van der Waals surface area contributed by atoms with Gasteiger partial charge in [0.2, 0.25) is 0 Å². The smallest absolute Gasteiger partial charge is 0.257 e. The zero-order chi connectivity index (χ0) is 24.8. The second-order valence-corrected chi connectivity index (χ2v) is 8.79. The van der Waals surface area contributed by atoms with Crippen LogP contribution in [0.5, 0.6) is 5.75 Å². The number of ether oxygens (including phenoxy) is 1. The molecule has 0 saturated carbocycles. The van der Waals surface area contributed by atoms with E-state index in [9.17, 15) is 9.59 Å². The van der Waals surface area contributed by atoms with E-state index in [1.54, 1.807) is 55.6 Å². The molecule has 0 unspecified atom stereocenters. The van der Waals surface area contributed by atoms with E-state index in [0.717, 1.165) is 11.4 Å². The molecule has 1 aliphatic heterocycles. The lowest BCUT2D eigenvalue weighted by atomic mass is 10.1. The first-order valence-corrected chi connectivity index (χ1v) is 11.9. The molecule has 2 N–H and O–H groups in total. The molecule has 3 aromatic rings. The molecule has 0 aliphatic carbocycles. The van der Waals surface area contributed by atoms with Crippen LogP contribution in [-0.4, -0.2) is 55.1 Å². The van der Waals surface area contributed by atoms with Gasteiger partial charge in [-0.25, -0.2) is 0 Å². The molecule has 3 aromatic carbocycles. The van der Waals surface area contributed by atoms with Crippen LogP contribution in [0.3, 0.4) is 0 Å². The van der Waals surface area contributed by atoms with Crippen molar-refractivity contribution in [1.29, 1.82) is 0 Å². The van der Waals surface area contributed by atoms with Crippen molar-refractivity contribution in [2.75, 3.05) is 43.5 Å². The van der Waals surface area contributed by atoms with Crippen LogP contribution in [0, 0.1) is 0 Å². The van der Waals surface area contributed by atoms with Gasteiger partial charge in [-0.15, -0.1) is 0 Å². The van der Waals surface area contributed by atoms with Crippen LogP contribution in [0.15, 0.2) is 72.8 Å². The van der Waals surface area contributed by atoms with E-state index in [4.69, 9.17) is 28.6 Å². The number of thiocarbonyl (C=S) groups is 1. The van der Waals surface area contributed by atoms with Gasteiger partial charge in [-0.3, -0.25) is 14.9 Å².